The zero-order chi connectivity index (χ0) is 15.8. The Balaban J connectivity index is 1.58. The maximum Gasteiger partial charge on any atom is 0.214 e. The van der Waals surface area contributed by atoms with Gasteiger partial charge in [-0.2, -0.15) is 4.31 Å². The Hall–Kier alpha value is -0.220. The van der Waals surface area contributed by atoms with E-state index in [2.05, 4.69) is 5.32 Å². The van der Waals surface area contributed by atoms with Gasteiger partial charge in [0, 0.05) is 19.6 Å². The number of ether oxygens (including phenoxy) is 1. The summed E-state index contributed by atoms with van der Waals surface area (Å²) in [7, 11) is -6.28. The standard InChI is InChI=1S/C13H24N2O5S2/c16-21(17)7-1-12(9-21)2-8-22(18,19)15-5-6-20-13(11-15)3-4-14-10-13/h12,14H,1-11H2. The minimum atomic E-state index is -3.34. The van der Waals surface area contributed by atoms with Gasteiger partial charge in [0.1, 0.15) is 0 Å². The Morgan fingerprint density at radius 2 is 2.18 bits per heavy atom. The van der Waals surface area contributed by atoms with Crippen LogP contribution in [0.5, 0.6) is 0 Å². The van der Waals surface area contributed by atoms with Crippen molar-refractivity contribution in [1.82, 2.24) is 9.62 Å². The van der Waals surface area contributed by atoms with Crippen molar-refractivity contribution in [3.63, 3.8) is 0 Å². The lowest BCUT2D eigenvalue weighted by atomic mass is 10.0. The van der Waals surface area contributed by atoms with Gasteiger partial charge in [-0.25, -0.2) is 16.8 Å². The minimum Gasteiger partial charge on any atom is -0.371 e. The summed E-state index contributed by atoms with van der Waals surface area (Å²) in [6, 6.07) is 0. The second-order valence-corrected chi connectivity index (χ2v) is 11.0. The van der Waals surface area contributed by atoms with E-state index in [4.69, 9.17) is 4.74 Å². The molecule has 3 heterocycles. The van der Waals surface area contributed by atoms with E-state index in [9.17, 15) is 16.8 Å². The zero-order valence-corrected chi connectivity index (χ0v) is 14.3. The van der Waals surface area contributed by atoms with Crippen LogP contribution in [0.4, 0.5) is 0 Å². The molecule has 3 saturated heterocycles. The highest BCUT2D eigenvalue weighted by molar-refractivity contribution is 7.91. The molecule has 3 aliphatic heterocycles. The van der Waals surface area contributed by atoms with Crippen molar-refractivity contribution in [1.29, 1.82) is 0 Å². The average Bonchev–Trinajstić information content (AvgIpc) is 3.04. The molecule has 3 aliphatic rings. The van der Waals surface area contributed by atoms with Crippen LogP contribution in [-0.2, 0) is 24.6 Å². The maximum atomic E-state index is 12.5. The van der Waals surface area contributed by atoms with E-state index in [1.807, 2.05) is 0 Å². The largest absolute Gasteiger partial charge is 0.371 e. The Labute approximate surface area is 132 Å². The number of sulfonamides is 1. The summed E-state index contributed by atoms with van der Waals surface area (Å²) in [5, 5.41) is 3.23. The van der Waals surface area contributed by atoms with E-state index in [0.29, 0.717) is 39.1 Å². The summed E-state index contributed by atoms with van der Waals surface area (Å²) in [4.78, 5) is 0. The van der Waals surface area contributed by atoms with Crippen molar-refractivity contribution in [2.75, 3.05) is 50.0 Å². The number of rotatable bonds is 4. The van der Waals surface area contributed by atoms with Crippen molar-refractivity contribution in [2.24, 2.45) is 5.92 Å². The minimum absolute atomic E-state index is 0.0112. The van der Waals surface area contributed by atoms with Gasteiger partial charge in [-0.3, -0.25) is 0 Å². The Morgan fingerprint density at radius 1 is 1.36 bits per heavy atom. The number of nitrogens with zero attached hydrogens (tertiary/aromatic N) is 1. The molecular formula is C13H24N2O5S2. The number of morpholine rings is 1. The van der Waals surface area contributed by atoms with Gasteiger partial charge in [0.15, 0.2) is 9.84 Å². The van der Waals surface area contributed by atoms with Gasteiger partial charge >= 0.3 is 0 Å². The first-order valence-corrected chi connectivity index (χ1v) is 11.3. The molecule has 9 heteroatoms. The van der Waals surface area contributed by atoms with Gasteiger partial charge in [0.05, 0.1) is 29.5 Å². The van der Waals surface area contributed by atoms with Crippen LogP contribution in [0.3, 0.4) is 0 Å². The Kier molecular flexibility index (Phi) is 4.54. The fraction of sp³-hybridized carbons (Fsp3) is 1.00. The number of hydrogen-bond acceptors (Lipinski definition) is 6. The van der Waals surface area contributed by atoms with Crippen LogP contribution < -0.4 is 5.32 Å². The lowest BCUT2D eigenvalue weighted by Gasteiger charge is -2.39. The molecule has 0 aliphatic carbocycles. The molecule has 1 spiro atoms. The normalized spacial score (nSPS) is 36.1. The summed E-state index contributed by atoms with van der Waals surface area (Å²) >= 11 is 0. The molecule has 0 aromatic carbocycles. The van der Waals surface area contributed by atoms with Gasteiger partial charge in [-0.05, 0) is 31.7 Å². The van der Waals surface area contributed by atoms with Crippen LogP contribution in [0.1, 0.15) is 19.3 Å². The molecule has 1 N–H and O–H groups in total. The van der Waals surface area contributed by atoms with Crippen molar-refractivity contribution in [3.8, 4) is 0 Å². The first-order chi connectivity index (χ1) is 10.3. The summed E-state index contributed by atoms with van der Waals surface area (Å²) < 4.78 is 55.3. The Bertz CT molecular complexity index is 610. The van der Waals surface area contributed by atoms with E-state index in [1.54, 1.807) is 0 Å². The van der Waals surface area contributed by atoms with Crippen molar-refractivity contribution in [3.05, 3.63) is 0 Å². The maximum absolute atomic E-state index is 12.5. The van der Waals surface area contributed by atoms with Gasteiger partial charge in [-0.1, -0.05) is 0 Å². The quantitative estimate of drug-likeness (QED) is 0.712. The average molecular weight is 352 g/mol. The van der Waals surface area contributed by atoms with E-state index >= 15 is 0 Å². The molecule has 0 bridgehead atoms. The lowest BCUT2D eigenvalue weighted by Crippen LogP contribution is -2.55. The molecule has 22 heavy (non-hydrogen) atoms. The second kappa shape index (κ2) is 6.01. The summed E-state index contributed by atoms with van der Waals surface area (Å²) in [6.45, 7) is 2.78. The smallest absolute Gasteiger partial charge is 0.214 e. The van der Waals surface area contributed by atoms with Gasteiger partial charge < -0.3 is 10.1 Å². The fourth-order valence-electron chi connectivity index (χ4n) is 3.57. The monoisotopic (exact) mass is 352 g/mol. The molecule has 128 valence electrons. The zero-order valence-electron chi connectivity index (χ0n) is 12.7. The van der Waals surface area contributed by atoms with Gasteiger partial charge in [0.25, 0.3) is 0 Å². The topological polar surface area (TPSA) is 92.8 Å². The molecular weight excluding hydrogens is 328 g/mol. The third-order valence-corrected chi connectivity index (χ3v) is 8.61. The third-order valence-electron chi connectivity index (χ3n) is 4.92. The van der Waals surface area contributed by atoms with Crippen LogP contribution in [0, 0.1) is 5.92 Å². The SMILES string of the molecule is O=S1(=O)CCC(CCS(=O)(=O)N2CCOC3(CCNC3)C2)C1. The van der Waals surface area contributed by atoms with Crippen LogP contribution in [0.15, 0.2) is 0 Å². The summed E-state index contributed by atoms with van der Waals surface area (Å²) in [5.41, 5.74) is -0.373. The summed E-state index contributed by atoms with van der Waals surface area (Å²) in [6.07, 6.45) is 1.86. The van der Waals surface area contributed by atoms with Crippen LogP contribution in [0.2, 0.25) is 0 Å². The molecule has 0 saturated carbocycles. The highest BCUT2D eigenvalue weighted by atomic mass is 32.2. The van der Waals surface area contributed by atoms with E-state index in [-0.39, 0.29) is 28.8 Å². The van der Waals surface area contributed by atoms with Gasteiger partial charge in [0.2, 0.25) is 10.0 Å². The number of nitrogens with one attached hydrogen (secondary N) is 1. The van der Waals surface area contributed by atoms with Crippen LogP contribution in [-0.4, -0.2) is 76.8 Å². The molecule has 3 fully saturated rings. The first-order valence-electron chi connectivity index (χ1n) is 7.83. The molecule has 0 amide bonds. The second-order valence-electron chi connectivity index (χ2n) is 6.67. The van der Waals surface area contributed by atoms with E-state index in [1.165, 1.54) is 4.31 Å². The Morgan fingerprint density at radius 3 is 2.82 bits per heavy atom. The summed E-state index contributed by atoms with van der Waals surface area (Å²) in [5.74, 6) is 0.364. The van der Waals surface area contributed by atoms with Crippen molar-refractivity contribution >= 4 is 19.9 Å². The first kappa shape index (κ1) is 16.6. The number of sulfone groups is 1. The third kappa shape index (κ3) is 3.64. The lowest BCUT2D eigenvalue weighted by molar-refractivity contribution is -0.0753. The highest BCUT2D eigenvalue weighted by Gasteiger charge is 2.42. The predicted molar refractivity (Wildman–Crippen MR) is 82.9 cm³/mol. The fourth-order valence-corrected chi connectivity index (χ4v) is 7.16. The highest BCUT2D eigenvalue weighted by Crippen LogP contribution is 2.28. The van der Waals surface area contributed by atoms with Crippen molar-refractivity contribution in [2.45, 2.75) is 24.9 Å². The van der Waals surface area contributed by atoms with Gasteiger partial charge in [-0.15, -0.1) is 0 Å². The van der Waals surface area contributed by atoms with Crippen molar-refractivity contribution < 1.29 is 21.6 Å². The van der Waals surface area contributed by atoms with E-state index < -0.39 is 19.9 Å². The molecule has 0 aromatic heterocycles. The molecule has 2 atom stereocenters. The predicted octanol–water partition coefficient (Wildman–Crippen LogP) is -0.795. The molecule has 7 nitrogen and oxygen atoms in total. The molecule has 2 unspecified atom stereocenters. The molecule has 0 radical (unpaired) electrons. The molecule has 3 rings (SSSR count). The van der Waals surface area contributed by atoms with Crippen LogP contribution in [0.25, 0.3) is 0 Å². The van der Waals surface area contributed by atoms with E-state index in [0.717, 1.165) is 13.0 Å². The van der Waals surface area contributed by atoms with Crippen LogP contribution >= 0.6 is 0 Å². The molecule has 0 aromatic rings. The number of hydrogen-bond donors (Lipinski definition) is 1.